The summed E-state index contributed by atoms with van der Waals surface area (Å²) in [6.07, 6.45) is 4.75. The van der Waals surface area contributed by atoms with Crippen LogP contribution in [-0.2, 0) is 12.8 Å². The predicted molar refractivity (Wildman–Crippen MR) is 90.0 cm³/mol. The molecule has 0 saturated carbocycles. The van der Waals surface area contributed by atoms with E-state index in [1.54, 1.807) is 0 Å². The van der Waals surface area contributed by atoms with Crippen LogP contribution in [0.4, 0.5) is 0 Å². The van der Waals surface area contributed by atoms with Crippen molar-refractivity contribution in [3.63, 3.8) is 0 Å². The summed E-state index contributed by atoms with van der Waals surface area (Å²) in [4.78, 5) is 7.53. The normalized spacial score (nSPS) is 12.8. The number of likely N-dealkylation sites (N-methyl/N-ethyl adjacent to an activating group) is 1. The van der Waals surface area contributed by atoms with Crippen LogP contribution >= 0.6 is 22.7 Å². The number of aromatic nitrogens is 1. The van der Waals surface area contributed by atoms with Crippen molar-refractivity contribution in [2.24, 2.45) is 0 Å². The van der Waals surface area contributed by atoms with E-state index in [1.807, 2.05) is 22.7 Å². The third kappa shape index (κ3) is 4.69. The molecule has 0 aliphatic heterocycles. The number of nitrogens with zero attached hydrogens (tertiary/aromatic N) is 1. The minimum absolute atomic E-state index is 0.560. The van der Waals surface area contributed by atoms with Gasteiger partial charge in [-0.15, -0.1) is 22.7 Å². The molecule has 2 nitrogen and oxygen atoms in total. The molecule has 0 fully saturated rings. The molecule has 0 amide bonds. The van der Waals surface area contributed by atoms with Gasteiger partial charge in [0.25, 0.3) is 0 Å². The molecular weight excluding hydrogens is 284 g/mol. The van der Waals surface area contributed by atoms with Gasteiger partial charge in [-0.2, -0.15) is 0 Å². The van der Waals surface area contributed by atoms with Crippen molar-refractivity contribution >= 4 is 22.7 Å². The lowest BCUT2D eigenvalue weighted by molar-refractivity contribution is 0.476. The first-order valence-electron chi connectivity index (χ1n) is 7.37. The van der Waals surface area contributed by atoms with E-state index in [1.165, 1.54) is 39.7 Å². The number of thiophene rings is 1. The van der Waals surface area contributed by atoms with E-state index in [2.05, 4.69) is 48.6 Å². The van der Waals surface area contributed by atoms with Crippen molar-refractivity contribution in [1.82, 2.24) is 10.3 Å². The largest absolute Gasteiger partial charge is 0.314 e. The molecule has 0 aliphatic rings. The fraction of sp³-hybridized carbons (Fsp3) is 0.562. The zero-order chi connectivity index (χ0) is 14.4. The van der Waals surface area contributed by atoms with Gasteiger partial charge in [-0.05, 0) is 51.1 Å². The molecule has 2 aromatic heterocycles. The van der Waals surface area contributed by atoms with Crippen LogP contribution in [0.2, 0.25) is 0 Å². The van der Waals surface area contributed by atoms with Crippen molar-refractivity contribution in [1.29, 1.82) is 0 Å². The van der Waals surface area contributed by atoms with Crippen LogP contribution < -0.4 is 5.32 Å². The van der Waals surface area contributed by atoms with Crippen LogP contribution in [0, 0.1) is 13.8 Å². The number of nitrogens with one attached hydrogen (secondary N) is 1. The zero-order valence-corrected chi connectivity index (χ0v) is 14.2. The minimum Gasteiger partial charge on any atom is -0.314 e. The first-order valence-corrected chi connectivity index (χ1v) is 9.07. The number of hydrogen-bond donors (Lipinski definition) is 1. The predicted octanol–water partition coefficient (Wildman–Crippen LogP) is 4.36. The summed E-state index contributed by atoms with van der Waals surface area (Å²) >= 11 is 3.72. The van der Waals surface area contributed by atoms with Crippen LogP contribution in [-0.4, -0.2) is 17.6 Å². The Kier molecular flexibility index (Phi) is 6.20. The van der Waals surface area contributed by atoms with E-state index in [-0.39, 0.29) is 0 Å². The van der Waals surface area contributed by atoms with Gasteiger partial charge in [0.1, 0.15) is 0 Å². The van der Waals surface area contributed by atoms with Crippen molar-refractivity contribution in [2.75, 3.05) is 6.54 Å². The second kappa shape index (κ2) is 7.91. The van der Waals surface area contributed by atoms with Gasteiger partial charge >= 0.3 is 0 Å². The standard InChI is InChI=1S/C16H24N2S2/c1-4-17-14(7-5-8-15-9-6-10-19-15)11-16-18-12(2)13(3)20-16/h6,9-10,14,17H,4-5,7-8,11H2,1-3H3. The number of aryl methyl sites for hydroxylation is 3. The second-order valence-electron chi connectivity index (χ2n) is 5.18. The van der Waals surface area contributed by atoms with E-state index in [0.717, 1.165) is 13.0 Å². The molecule has 0 radical (unpaired) electrons. The third-order valence-electron chi connectivity index (χ3n) is 3.54. The van der Waals surface area contributed by atoms with Crippen molar-refractivity contribution in [2.45, 2.75) is 52.5 Å². The summed E-state index contributed by atoms with van der Waals surface area (Å²) in [5.41, 5.74) is 1.19. The first kappa shape index (κ1) is 15.7. The maximum Gasteiger partial charge on any atom is 0.0946 e. The molecular formula is C16H24N2S2. The van der Waals surface area contributed by atoms with E-state index >= 15 is 0 Å². The number of thiazole rings is 1. The van der Waals surface area contributed by atoms with E-state index in [9.17, 15) is 0 Å². The maximum atomic E-state index is 4.67. The summed E-state index contributed by atoms with van der Waals surface area (Å²) in [6.45, 7) is 7.49. The fourth-order valence-corrected chi connectivity index (χ4v) is 4.14. The van der Waals surface area contributed by atoms with Crippen LogP contribution in [0.15, 0.2) is 17.5 Å². The van der Waals surface area contributed by atoms with Gasteiger partial charge in [-0.3, -0.25) is 0 Å². The smallest absolute Gasteiger partial charge is 0.0946 e. The van der Waals surface area contributed by atoms with Crippen LogP contribution in [0.25, 0.3) is 0 Å². The molecule has 0 saturated heterocycles. The van der Waals surface area contributed by atoms with Crippen molar-refractivity contribution in [3.8, 4) is 0 Å². The second-order valence-corrected chi connectivity index (χ2v) is 7.50. The van der Waals surface area contributed by atoms with Gasteiger partial charge in [0.2, 0.25) is 0 Å². The Hall–Kier alpha value is -0.710. The lowest BCUT2D eigenvalue weighted by Gasteiger charge is -2.16. The molecule has 2 rings (SSSR count). The topological polar surface area (TPSA) is 24.9 Å². The summed E-state index contributed by atoms with van der Waals surface area (Å²) in [5.74, 6) is 0. The van der Waals surface area contributed by atoms with Gasteiger partial charge in [-0.25, -0.2) is 4.98 Å². The quantitative estimate of drug-likeness (QED) is 0.783. The molecule has 0 spiro atoms. The monoisotopic (exact) mass is 308 g/mol. The highest BCUT2D eigenvalue weighted by molar-refractivity contribution is 7.11. The molecule has 2 heterocycles. The third-order valence-corrected chi connectivity index (χ3v) is 5.57. The average Bonchev–Trinajstić information content (AvgIpc) is 3.01. The minimum atomic E-state index is 0.560. The highest BCUT2D eigenvalue weighted by Gasteiger charge is 2.12. The Morgan fingerprint density at radius 3 is 2.80 bits per heavy atom. The Labute approximate surface area is 130 Å². The van der Waals surface area contributed by atoms with E-state index in [4.69, 9.17) is 0 Å². The van der Waals surface area contributed by atoms with Crippen molar-refractivity contribution in [3.05, 3.63) is 38.0 Å². The molecule has 110 valence electrons. The number of rotatable bonds is 8. The zero-order valence-electron chi connectivity index (χ0n) is 12.6. The maximum absolute atomic E-state index is 4.67. The molecule has 0 aliphatic carbocycles. The van der Waals surface area contributed by atoms with Gasteiger partial charge in [0, 0.05) is 22.2 Å². The van der Waals surface area contributed by atoms with Crippen molar-refractivity contribution < 1.29 is 0 Å². The van der Waals surface area contributed by atoms with Gasteiger partial charge in [0.15, 0.2) is 0 Å². The lowest BCUT2D eigenvalue weighted by atomic mass is 10.1. The Balaban J connectivity index is 1.83. The summed E-state index contributed by atoms with van der Waals surface area (Å²) in [5, 5.41) is 7.05. The van der Waals surface area contributed by atoms with Crippen LogP contribution in [0.1, 0.15) is 40.2 Å². The number of hydrogen-bond acceptors (Lipinski definition) is 4. The molecule has 0 aromatic carbocycles. The van der Waals surface area contributed by atoms with Gasteiger partial charge < -0.3 is 5.32 Å². The van der Waals surface area contributed by atoms with E-state index < -0.39 is 0 Å². The fourth-order valence-electron chi connectivity index (χ4n) is 2.38. The molecule has 0 bridgehead atoms. The lowest BCUT2D eigenvalue weighted by Crippen LogP contribution is -2.31. The summed E-state index contributed by atoms with van der Waals surface area (Å²) in [7, 11) is 0. The molecule has 20 heavy (non-hydrogen) atoms. The Morgan fingerprint density at radius 2 is 2.20 bits per heavy atom. The average molecular weight is 309 g/mol. The molecule has 1 N–H and O–H groups in total. The first-order chi connectivity index (χ1) is 9.69. The highest BCUT2D eigenvalue weighted by atomic mass is 32.1. The Morgan fingerprint density at radius 1 is 1.35 bits per heavy atom. The van der Waals surface area contributed by atoms with E-state index in [0.29, 0.717) is 6.04 Å². The SMILES string of the molecule is CCNC(CCCc1cccs1)Cc1nc(C)c(C)s1. The molecule has 1 atom stereocenters. The molecule has 1 unspecified atom stereocenters. The van der Waals surface area contributed by atoms with Crippen LogP contribution in [0.5, 0.6) is 0 Å². The highest BCUT2D eigenvalue weighted by Crippen LogP contribution is 2.20. The summed E-state index contributed by atoms with van der Waals surface area (Å²) < 4.78 is 0. The van der Waals surface area contributed by atoms with Crippen LogP contribution in [0.3, 0.4) is 0 Å². The molecule has 2 aromatic rings. The van der Waals surface area contributed by atoms with Gasteiger partial charge in [-0.1, -0.05) is 13.0 Å². The molecule has 4 heteroatoms. The summed E-state index contributed by atoms with van der Waals surface area (Å²) in [6, 6.07) is 4.94. The Bertz CT molecular complexity index is 483. The van der Waals surface area contributed by atoms with Gasteiger partial charge in [0.05, 0.1) is 10.7 Å².